The molecule has 1 amide bonds. The van der Waals surface area contributed by atoms with E-state index in [1.807, 2.05) is 4.90 Å². The Morgan fingerprint density at radius 3 is 2.74 bits per heavy atom. The van der Waals surface area contributed by atoms with Gasteiger partial charge in [0.1, 0.15) is 5.82 Å². The molecule has 3 aromatic rings. The van der Waals surface area contributed by atoms with E-state index >= 15 is 0 Å². The standard InChI is InChI=1S/C24H27ClN4OS/c25-10-7-23(30)29-12-9-19-17-18(5-6-21(19)29)8-11-27-13-15-28(16-14-27)24-20-3-1-2-4-22(20)31-26-24/h1-6,17H,7-16H2. The Morgan fingerprint density at radius 2 is 1.90 bits per heavy atom. The molecule has 1 aromatic heterocycles. The maximum Gasteiger partial charge on any atom is 0.228 e. The van der Waals surface area contributed by atoms with Crippen LogP contribution in [0.3, 0.4) is 0 Å². The molecule has 2 aromatic carbocycles. The summed E-state index contributed by atoms with van der Waals surface area (Å²) in [6.45, 7) is 6.03. The topological polar surface area (TPSA) is 39.7 Å². The van der Waals surface area contributed by atoms with Gasteiger partial charge >= 0.3 is 0 Å². The number of benzene rings is 2. The maximum atomic E-state index is 12.2. The van der Waals surface area contributed by atoms with Crippen LogP contribution in [0.4, 0.5) is 11.5 Å². The van der Waals surface area contributed by atoms with Crippen LogP contribution in [-0.2, 0) is 17.6 Å². The van der Waals surface area contributed by atoms with Gasteiger partial charge in [-0.1, -0.05) is 24.3 Å². The molecular formula is C24H27ClN4OS. The van der Waals surface area contributed by atoms with Gasteiger partial charge in [-0.3, -0.25) is 9.69 Å². The molecule has 5 nitrogen and oxygen atoms in total. The summed E-state index contributed by atoms with van der Waals surface area (Å²) >= 11 is 7.34. The summed E-state index contributed by atoms with van der Waals surface area (Å²) in [6.07, 6.45) is 2.39. The highest BCUT2D eigenvalue weighted by Gasteiger charge is 2.25. The lowest BCUT2D eigenvalue weighted by molar-refractivity contribution is -0.118. The van der Waals surface area contributed by atoms with Crippen molar-refractivity contribution in [2.75, 3.05) is 54.9 Å². The van der Waals surface area contributed by atoms with Gasteiger partial charge in [0, 0.05) is 62.6 Å². The Balaban J connectivity index is 1.16. The van der Waals surface area contributed by atoms with Crippen LogP contribution in [0.15, 0.2) is 42.5 Å². The normalized spacial score (nSPS) is 16.8. The molecule has 1 saturated heterocycles. The first-order valence-electron chi connectivity index (χ1n) is 11.0. The smallest absolute Gasteiger partial charge is 0.228 e. The Kier molecular flexibility index (Phi) is 6.12. The average Bonchev–Trinajstić information content (AvgIpc) is 3.42. The van der Waals surface area contributed by atoms with E-state index in [1.165, 1.54) is 21.2 Å². The molecule has 0 radical (unpaired) electrons. The number of anilines is 2. The average molecular weight is 455 g/mol. The molecule has 0 bridgehead atoms. The van der Waals surface area contributed by atoms with Gasteiger partial charge in [-0.2, -0.15) is 4.37 Å². The number of alkyl halides is 1. The van der Waals surface area contributed by atoms with E-state index in [4.69, 9.17) is 16.0 Å². The van der Waals surface area contributed by atoms with Crippen molar-refractivity contribution < 1.29 is 4.79 Å². The number of carbonyl (C=O) groups is 1. The molecule has 7 heteroatoms. The van der Waals surface area contributed by atoms with Crippen LogP contribution in [0.2, 0.25) is 0 Å². The number of aromatic nitrogens is 1. The van der Waals surface area contributed by atoms with Crippen molar-refractivity contribution in [3.63, 3.8) is 0 Å². The Morgan fingerprint density at radius 1 is 1.06 bits per heavy atom. The number of hydrogen-bond acceptors (Lipinski definition) is 5. The molecule has 31 heavy (non-hydrogen) atoms. The molecule has 0 spiro atoms. The van der Waals surface area contributed by atoms with Crippen molar-refractivity contribution in [3.8, 4) is 0 Å². The third-order valence-corrected chi connectivity index (χ3v) is 7.40. The highest BCUT2D eigenvalue weighted by Crippen LogP contribution is 2.31. The Labute approximate surface area is 192 Å². The first-order valence-corrected chi connectivity index (χ1v) is 12.3. The molecule has 162 valence electrons. The third-order valence-electron chi connectivity index (χ3n) is 6.40. The minimum atomic E-state index is 0.132. The molecule has 1 fully saturated rings. The second-order valence-electron chi connectivity index (χ2n) is 8.28. The number of hydrogen-bond donors (Lipinski definition) is 0. The molecule has 0 aliphatic carbocycles. The molecule has 3 heterocycles. The number of halogens is 1. The maximum absolute atomic E-state index is 12.2. The van der Waals surface area contributed by atoms with Crippen LogP contribution in [0.5, 0.6) is 0 Å². The van der Waals surface area contributed by atoms with E-state index in [0.717, 1.165) is 63.6 Å². The minimum Gasteiger partial charge on any atom is -0.353 e. The van der Waals surface area contributed by atoms with Crippen LogP contribution in [-0.4, -0.2) is 60.3 Å². The Bertz CT molecular complexity index is 1080. The third kappa shape index (κ3) is 4.29. The van der Waals surface area contributed by atoms with Crippen molar-refractivity contribution in [2.45, 2.75) is 19.3 Å². The van der Waals surface area contributed by atoms with E-state index in [2.05, 4.69) is 52.3 Å². The van der Waals surface area contributed by atoms with Crippen molar-refractivity contribution in [3.05, 3.63) is 53.6 Å². The highest BCUT2D eigenvalue weighted by molar-refractivity contribution is 7.13. The first-order chi connectivity index (χ1) is 15.2. The SMILES string of the molecule is O=C(CCCl)N1CCc2cc(CCN3CCN(c4nsc5ccccc45)CC3)ccc21. The van der Waals surface area contributed by atoms with Crippen molar-refractivity contribution >= 4 is 50.6 Å². The fraction of sp³-hybridized carbons (Fsp3) is 0.417. The predicted molar refractivity (Wildman–Crippen MR) is 130 cm³/mol. The van der Waals surface area contributed by atoms with Crippen LogP contribution in [0.25, 0.3) is 10.1 Å². The largest absolute Gasteiger partial charge is 0.353 e. The fourth-order valence-electron chi connectivity index (χ4n) is 4.66. The summed E-state index contributed by atoms with van der Waals surface area (Å²) < 4.78 is 5.98. The highest BCUT2D eigenvalue weighted by atomic mass is 35.5. The van der Waals surface area contributed by atoms with E-state index in [-0.39, 0.29) is 5.91 Å². The van der Waals surface area contributed by atoms with E-state index < -0.39 is 0 Å². The van der Waals surface area contributed by atoms with Crippen LogP contribution < -0.4 is 9.80 Å². The second-order valence-corrected chi connectivity index (χ2v) is 9.46. The predicted octanol–water partition coefficient (Wildman–Crippen LogP) is 4.18. The lowest BCUT2D eigenvalue weighted by Crippen LogP contribution is -2.47. The van der Waals surface area contributed by atoms with Crippen molar-refractivity contribution in [2.24, 2.45) is 0 Å². The summed E-state index contributed by atoms with van der Waals surface area (Å²) in [5.74, 6) is 1.66. The van der Waals surface area contributed by atoms with Gasteiger partial charge < -0.3 is 9.80 Å². The molecule has 0 N–H and O–H groups in total. The number of fused-ring (bicyclic) bond motifs is 2. The van der Waals surface area contributed by atoms with Crippen molar-refractivity contribution in [1.82, 2.24) is 9.27 Å². The number of piperazine rings is 1. The quantitative estimate of drug-likeness (QED) is 0.524. The van der Waals surface area contributed by atoms with Gasteiger partial charge in [-0.25, -0.2) is 0 Å². The summed E-state index contributed by atoms with van der Waals surface area (Å²) in [4.78, 5) is 19.1. The summed E-state index contributed by atoms with van der Waals surface area (Å²) in [7, 11) is 0. The monoisotopic (exact) mass is 454 g/mol. The van der Waals surface area contributed by atoms with E-state index in [1.54, 1.807) is 11.5 Å². The number of rotatable bonds is 6. The van der Waals surface area contributed by atoms with Gasteiger partial charge in [-0.15, -0.1) is 11.6 Å². The lowest BCUT2D eigenvalue weighted by atomic mass is 10.1. The molecule has 0 atom stereocenters. The zero-order valence-corrected chi connectivity index (χ0v) is 19.2. The second kappa shape index (κ2) is 9.15. The van der Waals surface area contributed by atoms with E-state index in [0.29, 0.717) is 12.3 Å². The number of carbonyl (C=O) groups excluding carboxylic acids is 1. The lowest BCUT2D eigenvalue weighted by Gasteiger charge is -2.35. The summed E-state index contributed by atoms with van der Waals surface area (Å²) in [5, 5.41) is 1.28. The molecule has 0 saturated carbocycles. The number of nitrogens with zero attached hydrogens (tertiary/aromatic N) is 4. The zero-order chi connectivity index (χ0) is 21.2. The summed E-state index contributed by atoms with van der Waals surface area (Å²) in [6, 6.07) is 15.1. The van der Waals surface area contributed by atoms with Gasteiger partial charge in [0.25, 0.3) is 0 Å². The zero-order valence-electron chi connectivity index (χ0n) is 17.6. The van der Waals surface area contributed by atoms with Gasteiger partial charge in [0.2, 0.25) is 5.91 Å². The van der Waals surface area contributed by atoms with Gasteiger partial charge in [0.05, 0.1) is 4.70 Å². The molecule has 2 aliphatic rings. The summed E-state index contributed by atoms with van der Waals surface area (Å²) in [5.41, 5.74) is 3.72. The minimum absolute atomic E-state index is 0.132. The van der Waals surface area contributed by atoms with Crippen LogP contribution >= 0.6 is 23.1 Å². The fourth-order valence-corrected chi connectivity index (χ4v) is 5.61. The Hall–Kier alpha value is -2.15. The van der Waals surface area contributed by atoms with Gasteiger partial charge in [-0.05, 0) is 53.7 Å². The van der Waals surface area contributed by atoms with Gasteiger partial charge in [0.15, 0.2) is 0 Å². The number of amides is 1. The van der Waals surface area contributed by atoms with Crippen LogP contribution in [0, 0.1) is 0 Å². The molecular weight excluding hydrogens is 428 g/mol. The first kappa shape index (κ1) is 20.7. The molecule has 2 aliphatic heterocycles. The van der Waals surface area contributed by atoms with E-state index in [9.17, 15) is 4.79 Å². The molecule has 5 rings (SSSR count). The van der Waals surface area contributed by atoms with Crippen LogP contribution in [0.1, 0.15) is 17.5 Å². The van der Waals surface area contributed by atoms with Crippen molar-refractivity contribution in [1.29, 1.82) is 0 Å². The molecule has 0 unspecified atom stereocenters.